The van der Waals surface area contributed by atoms with Crippen molar-refractivity contribution in [1.29, 1.82) is 0 Å². The molecule has 8 nitrogen and oxygen atoms in total. The van der Waals surface area contributed by atoms with E-state index in [1.54, 1.807) is 24.3 Å². The van der Waals surface area contributed by atoms with Crippen molar-refractivity contribution in [2.24, 2.45) is 5.10 Å². The van der Waals surface area contributed by atoms with Gasteiger partial charge < -0.3 is 15.4 Å². The van der Waals surface area contributed by atoms with Gasteiger partial charge in [-0.1, -0.05) is 41.4 Å². The van der Waals surface area contributed by atoms with Gasteiger partial charge in [-0.15, -0.1) is 0 Å². The van der Waals surface area contributed by atoms with Crippen LogP contribution >= 0.6 is 15.9 Å². The van der Waals surface area contributed by atoms with Gasteiger partial charge in [-0.25, -0.2) is 5.43 Å². The third-order valence-corrected chi connectivity index (χ3v) is 4.52. The normalized spacial score (nSPS) is 10.5. The van der Waals surface area contributed by atoms with Crippen molar-refractivity contribution in [3.63, 3.8) is 0 Å². The summed E-state index contributed by atoms with van der Waals surface area (Å²) in [5.74, 6) is -1.52. The van der Waals surface area contributed by atoms with Crippen molar-refractivity contribution in [2.45, 2.75) is 26.7 Å². The number of carbonyl (C=O) groups is 3. The lowest BCUT2D eigenvalue weighted by atomic mass is 10.2. The van der Waals surface area contributed by atoms with Gasteiger partial charge in [-0.3, -0.25) is 14.4 Å². The third-order valence-electron chi connectivity index (χ3n) is 4.02. The molecule has 0 aromatic heterocycles. The molecule has 3 N–H and O–H groups in total. The molecule has 0 aliphatic heterocycles. The highest BCUT2D eigenvalue weighted by atomic mass is 79.9. The SMILES string of the molecule is CCCCNC(=O)C(=O)N/N=C\c1cc(Br)ccc1OCC(=O)Nc1cccc(C)c1. The van der Waals surface area contributed by atoms with Crippen molar-refractivity contribution in [1.82, 2.24) is 10.7 Å². The monoisotopic (exact) mass is 488 g/mol. The zero-order valence-electron chi connectivity index (χ0n) is 17.4. The van der Waals surface area contributed by atoms with E-state index in [4.69, 9.17) is 4.74 Å². The smallest absolute Gasteiger partial charge is 0.329 e. The number of carbonyl (C=O) groups excluding carboxylic acids is 3. The molecule has 164 valence electrons. The summed E-state index contributed by atoms with van der Waals surface area (Å²) in [6, 6.07) is 12.6. The van der Waals surface area contributed by atoms with E-state index in [1.807, 2.05) is 32.0 Å². The number of aryl methyl sites for hydroxylation is 1. The van der Waals surface area contributed by atoms with Gasteiger partial charge in [0.1, 0.15) is 5.75 Å². The standard InChI is InChI=1S/C22H25BrN4O4/c1-3-4-10-24-21(29)22(30)27-25-13-16-12-17(23)8-9-19(16)31-14-20(28)26-18-7-5-6-15(2)11-18/h5-9,11-13H,3-4,10,14H2,1-2H3,(H,24,29)(H,26,28)(H,27,30)/b25-13-. The highest BCUT2D eigenvalue weighted by molar-refractivity contribution is 9.10. The van der Waals surface area contributed by atoms with Crippen LogP contribution in [0, 0.1) is 6.92 Å². The van der Waals surface area contributed by atoms with Crippen LogP contribution in [0.5, 0.6) is 5.75 Å². The maximum Gasteiger partial charge on any atom is 0.329 e. The summed E-state index contributed by atoms with van der Waals surface area (Å²) < 4.78 is 6.37. The molecule has 0 aliphatic carbocycles. The Hall–Kier alpha value is -3.20. The molecule has 0 saturated heterocycles. The van der Waals surface area contributed by atoms with Gasteiger partial charge in [0.25, 0.3) is 5.91 Å². The minimum Gasteiger partial charge on any atom is -0.483 e. The molecule has 2 aromatic carbocycles. The van der Waals surface area contributed by atoms with Crippen molar-refractivity contribution >= 4 is 45.6 Å². The lowest BCUT2D eigenvalue weighted by Crippen LogP contribution is -2.38. The van der Waals surface area contributed by atoms with Crippen LogP contribution in [0.15, 0.2) is 52.0 Å². The summed E-state index contributed by atoms with van der Waals surface area (Å²) >= 11 is 3.36. The van der Waals surface area contributed by atoms with Crippen molar-refractivity contribution in [3.05, 3.63) is 58.1 Å². The molecule has 0 radical (unpaired) electrons. The summed E-state index contributed by atoms with van der Waals surface area (Å²) in [6.45, 7) is 4.15. The van der Waals surface area contributed by atoms with E-state index in [0.717, 1.165) is 22.9 Å². The summed E-state index contributed by atoms with van der Waals surface area (Å²) in [7, 11) is 0. The fourth-order valence-corrected chi connectivity index (χ4v) is 2.86. The first-order chi connectivity index (χ1) is 14.9. The zero-order valence-corrected chi connectivity index (χ0v) is 19.0. The highest BCUT2D eigenvalue weighted by Crippen LogP contribution is 2.22. The van der Waals surface area contributed by atoms with Crippen LogP contribution in [-0.2, 0) is 14.4 Å². The predicted molar refractivity (Wildman–Crippen MR) is 123 cm³/mol. The Kier molecular flexibility index (Phi) is 9.70. The van der Waals surface area contributed by atoms with Crippen LogP contribution in [0.25, 0.3) is 0 Å². The molecule has 31 heavy (non-hydrogen) atoms. The molecule has 0 bridgehead atoms. The number of nitrogens with zero attached hydrogens (tertiary/aromatic N) is 1. The van der Waals surface area contributed by atoms with Crippen LogP contribution in [0.1, 0.15) is 30.9 Å². The lowest BCUT2D eigenvalue weighted by Gasteiger charge is -2.10. The first-order valence-electron chi connectivity index (χ1n) is 9.79. The Morgan fingerprint density at radius 1 is 1.13 bits per heavy atom. The third kappa shape index (κ3) is 8.59. The number of unbranched alkanes of at least 4 members (excludes halogenated alkanes) is 1. The largest absolute Gasteiger partial charge is 0.483 e. The van der Waals surface area contributed by atoms with Crippen LogP contribution < -0.4 is 20.8 Å². The fraction of sp³-hybridized carbons (Fsp3) is 0.273. The van der Waals surface area contributed by atoms with E-state index in [1.165, 1.54) is 6.21 Å². The summed E-state index contributed by atoms with van der Waals surface area (Å²) in [6.07, 6.45) is 3.04. The Morgan fingerprint density at radius 2 is 1.94 bits per heavy atom. The molecule has 0 spiro atoms. The minimum absolute atomic E-state index is 0.206. The molecular formula is C22H25BrN4O4. The zero-order chi connectivity index (χ0) is 22.6. The van der Waals surface area contributed by atoms with Crippen LogP contribution in [-0.4, -0.2) is 37.1 Å². The van der Waals surface area contributed by atoms with E-state index in [0.29, 0.717) is 23.5 Å². The Balaban J connectivity index is 1.93. The Labute approximate surface area is 189 Å². The van der Waals surface area contributed by atoms with Crippen molar-refractivity contribution in [3.8, 4) is 5.75 Å². The molecule has 0 heterocycles. The second kappa shape index (κ2) is 12.5. The van der Waals surface area contributed by atoms with Gasteiger partial charge in [0.05, 0.1) is 6.21 Å². The van der Waals surface area contributed by atoms with Crippen molar-refractivity contribution < 1.29 is 19.1 Å². The number of benzene rings is 2. The number of anilines is 1. The average molecular weight is 489 g/mol. The summed E-state index contributed by atoms with van der Waals surface area (Å²) in [4.78, 5) is 35.6. The van der Waals surface area contributed by atoms with E-state index in [-0.39, 0.29) is 12.5 Å². The summed E-state index contributed by atoms with van der Waals surface area (Å²) in [5.41, 5.74) is 4.41. The first-order valence-corrected chi connectivity index (χ1v) is 10.6. The number of hydrogen-bond donors (Lipinski definition) is 3. The number of nitrogens with one attached hydrogen (secondary N) is 3. The van der Waals surface area contributed by atoms with Gasteiger partial charge in [-0.05, 0) is 49.2 Å². The number of rotatable bonds is 9. The first kappa shape index (κ1) is 24.1. The van der Waals surface area contributed by atoms with E-state index >= 15 is 0 Å². The maximum atomic E-state index is 12.2. The van der Waals surface area contributed by atoms with Gasteiger partial charge in [0.2, 0.25) is 0 Å². The topological polar surface area (TPSA) is 109 Å². The molecule has 0 saturated carbocycles. The second-order valence-electron chi connectivity index (χ2n) is 6.70. The maximum absolute atomic E-state index is 12.2. The molecule has 2 aromatic rings. The van der Waals surface area contributed by atoms with Crippen LogP contribution in [0.4, 0.5) is 5.69 Å². The number of hydrogen-bond acceptors (Lipinski definition) is 5. The number of ether oxygens (including phenoxy) is 1. The highest BCUT2D eigenvalue weighted by Gasteiger charge is 2.12. The van der Waals surface area contributed by atoms with E-state index in [2.05, 4.69) is 37.1 Å². The van der Waals surface area contributed by atoms with E-state index < -0.39 is 11.8 Å². The molecule has 0 atom stereocenters. The molecule has 0 aliphatic rings. The van der Waals surface area contributed by atoms with Gasteiger partial charge in [0, 0.05) is 22.3 Å². The van der Waals surface area contributed by atoms with Gasteiger partial charge >= 0.3 is 11.8 Å². The molecule has 9 heteroatoms. The number of hydrazone groups is 1. The minimum atomic E-state index is -0.859. The molecule has 3 amide bonds. The summed E-state index contributed by atoms with van der Waals surface area (Å²) in [5, 5.41) is 9.08. The molecule has 0 fully saturated rings. The molecule has 2 rings (SSSR count). The lowest BCUT2D eigenvalue weighted by molar-refractivity contribution is -0.139. The second-order valence-corrected chi connectivity index (χ2v) is 7.61. The quantitative estimate of drug-likeness (QED) is 0.218. The van der Waals surface area contributed by atoms with E-state index in [9.17, 15) is 14.4 Å². The fourth-order valence-electron chi connectivity index (χ4n) is 2.49. The molecule has 0 unspecified atom stereocenters. The average Bonchev–Trinajstić information content (AvgIpc) is 2.73. The van der Waals surface area contributed by atoms with Crippen molar-refractivity contribution in [2.75, 3.05) is 18.5 Å². The number of halogens is 1. The molecular weight excluding hydrogens is 464 g/mol. The van der Waals surface area contributed by atoms with Gasteiger partial charge in [-0.2, -0.15) is 5.10 Å². The predicted octanol–water partition coefficient (Wildman–Crippen LogP) is 3.14. The van der Waals surface area contributed by atoms with Crippen LogP contribution in [0.3, 0.4) is 0 Å². The number of amides is 3. The Bertz CT molecular complexity index is 962. The van der Waals surface area contributed by atoms with Gasteiger partial charge in [0.15, 0.2) is 6.61 Å². The Morgan fingerprint density at radius 3 is 2.68 bits per heavy atom. The van der Waals surface area contributed by atoms with Crippen LogP contribution in [0.2, 0.25) is 0 Å².